The third-order valence-electron chi connectivity index (χ3n) is 6.66. The zero-order chi connectivity index (χ0) is 19.9. The average molecular weight is 379 g/mol. The van der Waals surface area contributed by atoms with Crippen LogP contribution in [-0.2, 0) is 23.7 Å². The zero-order valence-electron chi connectivity index (χ0n) is 17.6. The molecule has 27 heavy (non-hydrogen) atoms. The predicted molar refractivity (Wildman–Crippen MR) is 104 cm³/mol. The molecule has 152 valence electrons. The standard InChI is InChI=1S/C22H34O5/c1-20(2,25-6)16-10-9-15(19(23)24-5)8-7-12-21(3)17(26-21)11-13-22(4)18(14-16)27-22/h8,14,17-18H,7,9-13H2,1-6H3. The highest BCUT2D eigenvalue weighted by atomic mass is 16.6. The molecule has 0 aromatic carbocycles. The van der Waals surface area contributed by atoms with Gasteiger partial charge in [-0.2, -0.15) is 0 Å². The molecule has 4 unspecified atom stereocenters. The number of carbonyl (C=O) groups excluding carboxylic acids is 1. The van der Waals surface area contributed by atoms with Gasteiger partial charge in [0.25, 0.3) is 0 Å². The molecule has 0 spiro atoms. The lowest BCUT2D eigenvalue weighted by Crippen LogP contribution is -2.27. The van der Waals surface area contributed by atoms with Crippen LogP contribution >= 0.6 is 0 Å². The van der Waals surface area contributed by atoms with Gasteiger partial charge in [0.2, 0.25) is 0 Å². The largest absolute Gasteiger partial charge is 0.466 e. The Kier molecular flexibility index (Phi) is 5.59. The zero-order valence-corrected chi connectivity index (χ0v) is 17.6. The number of fused-ring (bicyclic) bond motifs is 2. The number of hydrogen-bond donors (Lipinski definition) is 0. The van der Waals surface area contributed by atoms with Crippen molar-refractivity contribution in [3.63, 3.8) is 0 Å². The van der Waals surface area contributed by atoms with Crippen LogP contribution in [0.5, 0.6) is 0 Å². The number of carbonyl (C=O) groups is 1. The van der Waals surface area contributed by atoms with Gasteiger partial charge in [0, 0.05) is 12.7 Å². The molecule has 0 aromatic heterocycles. The molecule has 0 bridgehead atoms. The van der Waals surface area contributed by atoms with E-state index >= 15 is 0 Å². The van der Waals surface area contributed by atoms with Gasteiger partial charge in [0.05, 0.1) is 30.0 Å². The highest BCUT2D eigenvalue weighted by Crippen LogP contribution is 2.49. The van der Waals surface area contributed by atoms with E-state index in [-0.39, 0.29) is 29.4 Å². The van der Waals surface area contributed by atoms with E-state index < -0.39 is 5.60 Å². The van der Waals surface area contributed by atoms with E-state index in [0.717, 1.165) is 43.3 Å². The van der Waals surface area contributed by atoms with Gasteiger partial charge in [-0.05, 0) is 71.8 Å². The summed E-state index contributed by atoms with van der Waals surface area (Å²) < 4.78 is 22.7. The van der Waals surface area contributed by atoms with Crippen LogP contribution in [0.2, 0.25) is 0 Å². The average Bonchev–Trinajstić information content (AvgIpc) is 3.49. The Bertz CT molecular complexity index is 649. The Morgan fingerprint density at radius 3 is 2.56 bits per heavy atom. The Hall–Kier alpha value is -1.17. The maximum absolute atomic E-state index is 12.2. The summed E-state index contributed by atoms with van der Waals surface area (Å²) in [4.78, 5) is 12.2. The van der Waals surface area contributed by atoms with Crippen molar-refractivity contribution in [3.8, 4) is 0 Å². The molecule has 2 heterocycles. The van der Waals surface area contributed by atoms with Gasteiger partial charge < -0.3 is 18.9 Å². The summed E-state index contributed by atoms with van der Waals surface area (Å²) in [6.45, 7) is 8.47. The van der Waals surface area contributed by atoms with Crippen LogP contribution in [0.15, 0.2) is 23.3 Å². The number of hydrogen-bond acceptors (Lipinski definition) is 5. The van der Waals surface area contributed by atoms with E-state index in [1.807, 2.05) is 6.08 Å². The van der Waals surface area contributed by atoms with Crippen LogP contribution < -0.4 is 0 Å². The van der Waals surface area contributed by atoms with Crippen LogP contribution in [0.3, 0.4) is 0 Å². The second kappa shape index (κ2) is 7.34. The highest BCUT2D eigenvalue weighted by Gasteiger charge is 2.56. The van der Waals surface area contributed by atoms with Crippen molar-refractivity contribution >= 4 is 5.97 Å². The summed E-state index contributed by atoms with van der Waals surface area (Å²) >= 11 is 0. The number of allylic oxidation sites excluding steroid dienone is 1. The number of ether oxygens (including phenoxy) is 4. The van der Waals surface area contributed by atoms with Crippen molar-refractivity contribution < 1.29 is 23.7 Å². The molecular weight excluding hydrogens is 344 g/mol. The first-order valence-corrected chi connectivity index (χ1v) is 10.0. The van der Waals surface area contributed by atoms with Crippen LogP contribution in [0, 0.1) is 0 Å². The fraction of sp³-hybridized carbons (Fsp3) is 0.773. The van der Waals surface area contributed by atoms with Crippen molar-refractivity contribution in [2.45, 2.75) is 95.2 Å². The van der Waals surface area contributed by atoms with Gasteiger partial charge >= 0.3 is 5.97 Å². The van der Waals surface area contributed by atoms with Crippen molar-refractivity contribution in [1.82, 2.24) is 0 Å². The van der Waals surface area contributed by atoms with E-state index in [1.165, 1.54) is 7.11 Å². The smallest absolute Gasteiger partial charge is 0.333 e. The van der Waals surface area contributed by atoms with E-state index in [2.05, 4.69) is 33.8 Å². The molecule has 0 N–H and O–H groups in total. The lowest BCUT2D eigenvalue weighted by Gasteiger charge is -2.27. The normalized spacial score (nSPS) is 37.1. The topological polar surface area (TPSA) is 60.6 Å². The molecule has 2 aliphatic heterocycles. The maximum Gasteiger partial charge on any atom is 0.333 e. The minimum absolute atomic E-state index is 0.0678. The molecule has 2 saturated heterocycles. The minimum atomic E-state index is -0.399. The highest BCUT2D eigenvalue weighted by molar-refractivity contribution is 5.88. The Morgan fingerprint density at radius 1 is 1.15 bits per heavy atom. The number of esters is 1. The van der Waals surface area contributed by atoms with Crippen LogP contribution in [0.1, 0.15) is 66.2 Å². The van der Waals surface area contributed by atoms with Gasteiger partial charge in [0.1, 0.15) is 6.10 Å². The lowest BCUT2D eigenvalue weighted by atomic mass is 9.87. The van der Waals surface area contributed by atoms with Gasteiger partial charge in [-0.1, -0.05) is 12.2 Å². The molecule has 2 fully saturated rings. The first kappa shape index (κ1) is 20.6. The van der Waals surface area contributed by atoms with Crippen LogP contribution in [-0.4, -0.2) is 49.2 Å². The maximum atomic E-state index is 12.2. The van der Waals surface area contributed by atoms with Crippen molar-refractivity contribution in [1.29, 1.82) is 0 Å². The summed E-state index contributed by atoms with van der Waals surface area (Å²) in [5.41, 5.74) is 1.31. The summed E-state index contributed by atoms with van der Waals surface area (Å²) in [5.74, 6) is -0.248. The third kappa shape index (κ3) is 4.47. The van der Waals surface area contributed by atoms with E-state index in [1.54, 1.807) is 7.11 Å². The van der Waals surface area contributed by atoms with Gasteiger partial charge in [0.15, 0.2) is 0 Å². The Labute approximate surface area is 163 Å². The molecule has 3 aliphatic rings. The molecule has 5 heteroatoms. The summed E-state index contributed by atoms with van der Waals surface area (Å²) in [6, 6.07) is 0. The Balaban J connectivity index is 1.84. The third-order valence-corrected chi connectivity index (χ3v) is 6.66. The molecule has 1 aliphatic carbocycles. The minimum Gasteiger partial charge on any atom is -0.466 e. The molecule has 0 saturated carbocycles. The van der Waals surface area contributed by atoms with E-state index in [9.17, 15) is 4.79 Å². The molecule has 0 amide bonds. The van der Waals surface area contributed by atoms with Gasteiger partial charge in [-0.15, -0.1) is 0 Å². The number of epoxide rings is 2. The summed E-state index contributed by atoms with van der Waals surface area (Å²) in [7, 11) is 3.16. The number of methoxy groups -OCH3 is 2. The molecule has 5 nitrogen and oxygen atoms in total. The van der Waals surface area contributed by atoms with Crippen molar-refractivity contribution in [2.75, 3.05) is 14.2 Å². The van der Waals surface area contributed by atoms with Crippen LogP contribution in [0.25, 0.3) is 0 Å². The molecule has 3 rings (SSSR count). The first-order chi connectivity index (χ1) is 12.6. The van der Waals surface area contributed by atoms with E-state index in [4.69, 9.17) is 18.9 Å². The lowest BCUT2D eigenvalue weighted by molar-refractivity contribution is -0.136. The first-order valence-electron chi connectivity index (χ1n) is 10.0. The van der Waals surface area contributed by atoms with Crippen molar-refractivity contribution in [3.05, 3.63) is 23.3 Å². The second-order valence-electron chi connectivity index (χ2n) is 8.97. The fourth-order valence-corrected chi connectivity index (χ4v) is 4.08. The second-order valence-corrected chi connectivity index (χ2v) is 8.97. The fourth-order valence-electron chi connectivity index (χ4n) is 4.08. The SMILES string of the molecule is COC(=O)C1=CCCC2(C)OC2CCC2(C)OC2C=C(C(C)(C)OC)CC1. The summed E-state index contributed by atoms with van der Waals surface area (Å²) in [5, 5.41) is 0. The van der Waals surface area contributed by atoms with Gasteiger partial charge in [-0.3, -0.25) is 0 Å². The number of rotatable bonds is 3. The van der Waals surface area contributed by atoms with E-state index in [0.29, 0.717) is 6.42 Å². The molecular formula is C22H34O5. The van der Waals surface area contributed by atoms with Crippen LogP contribution in [0.4, 0.5) is 0 Å². The molecule has 4 atom stereocenters. The summed E-state index contributed by atoms with van der Waals surface area (Å²) in [6.07, 6.45) is 9.74. The van der Waals surface area contributed by atoms with Crippen molar-refractivity contribution in [2.24, 2.45) is 0 Å². The Morgan fingerprint density at radius 2 is 1.89 bits per heavy atom. The quantitative estimate of drug-likeness (QED) is 0.420. The molecule has 0 radical (unpaired) electrons. The van der Waals surface area contributed by atoms with Gasteiger partial charge in [-0.25, -0.2) is 4.79 Å². The predicted octanol–water partition coefficient (Wildman–Crippen LogP) is 4.11. The monoisotopic (exact) mass is 378 g/mol. The molecule has 0 aromatic rings.